The number of methoxy groups -OCH3 is 1. The molecule has 0 spiro atoms. The van der Waals surface area contributed by atoms with Crippen molar-refractivity contribution in [2.75, 3.05) is 13.7 Å². The van der Waals surface area contributed by atoms with Gasteiger partial charge in [0.05, 0.1) is 7.11 Å². The van der Waals surface area contributed by atoms with Crippen molar-refractivity contribution in [3.8, 4) is 0 Å². The zero-order valence-electron chi connectivity index (χ0n) is 7.65. The van der Waals surface area contributed by atoms with Crippen molar-refractivity contribution in [3.63, 3.8) is 0 Å². The highest BCUT2D eigenvalue weighted by Crippen LogP contribution is 1.88. The molecule has 6 nitrogen and oxygen atoms in total. The van der Waals surface area contributed by atoms with Gasteiger partial charge in [0.1, 0.15) is 6.33 Å². The number of carbonyl (C=O) groups is 1. The van der Waals surface area contributed by atoms with Crippen molar-refractivity contribution < 1.29 is 9.53 Å². The Kier molecular flexibility index (Phi) is 3.24. The summed E-state index contributed by atoms with van der Waals surface area (Å²) >= 11 is 0. The molecule has 1 aromatic heterocycles. The van der Waals surface area contributed by atoms with Crippen LogP contribution in [-0.4, -0.2) is 34.5 Å². The lowest BCUT2D eigenvalue weighted by Crippen LogP contribution is -2.25. The molecule has 0 saturated heterocycles. The molecule has 1 aromatic rings. The third-order valence-corrected chi connectivity index (χ3v) is 1.45. The molecule has 13 heavy (non-hydrogen) atoms. The molecule has 0 saturated carbocycles. The Morgan fingerprint density at radius 1 is 1.77 bits per heavy atom. The molecular weight excluding hydrogens is 172 g/mol. The summed E-state index contributed by atoms with van der Waals surface area (Å²) in [6, 6.07) is 0. The van der Waals surface area contributed by atoms with Crippen LogP contribution in [0.5, 0.6) is 0 Å². The summed E-state index contributed by atoms with van der Waals surface area (Å²) < 4.78 is 6.02. The van der Waals surface area contributed by atoms with E-state index in [1.807, 2.05) is 0 Å². The maximum Gasteiger partial charge on any atom is 0.406 e. The third-order valence-electron chi connectivity index (χ3n) is 1.45. The molecule has 0 aliphatic carbocycles. The first-order valence-electron chi connectivity index (χ1n) is 3.88. The minimum atomic E-state index is -0.434. The van der Waals surface area contributed by atoms with Gasteiger partial charge in [0.25, 0.3) is 0 Å². The van der Waals surface area contributed by atoms with E-state index in [0.717, 1.165) is 0 Å². The molecule has 0 aliphatic heterocycles. The second-order valence-electron chi connectivity index (χ2n) is 2.50. The van der Waals surface area contributed by atoms with Gasteiger partial charge in [-0.05, 0) is 0 Å². The van der Waals surface area contributed by atoms with Crippen molar-refractivity contribution >= 4 is 6.09 Å². The lowest BCUT2D eigenvalue weighted by atomic mass is 10.4. The van der Waals surface area contributed by atoms with Crippen LogP contribution in [0.3, 0.4) is 0 Å². The fraction of sp³-hybridized carbons (Fsp3) is 0.571. The van der Waals surface area contributed by atoms with E-state index in [1.165, 1.54) is 7.11 Å². The van der Waals surface area contributed by atoms with Gasteiger partial charge < -0.3 is 10.1 Å². The van der Waals surface area contributed by atoms with Crippen molar-refractivity contribution in [2.45, 2.75) is 6.42 Å². The van der Waals surface area contributed by atoms with Crippen molar-refractivity contribution in [1.29, 1.82) is 0 Å². The summed E-state index contributed by atoms with van der Waals surface area (Å²) in [5, 5.41) is 6.59. The normalized spacial score (nSPS) is 9.69. The van der Waals surface area contributed by atoms with Crippen molar-refractivity contribution in [3.05, 3.63) is 12.2 Å². The molecule has 72 valence electrons. The molecular formula is C7H12N4O2. The first-order valence-corrected chi connectivity index (χ1v) is 3.88. The predicted molar refractivity (Wildman–Crippen MR) is 45.1 cm³/mol. The van der Waals surface area contributed by atoms with Crippen molar-refractivity contribution in [2.24, 2.45) is 7.05 Å². The van der Waals surface area contributed by atoms with Gasteiger partial charge >= 0.3 is 6.09 Å². The molecule has 0 atom stereocenters. The first-order chi connectivity index (χ1) is 6.22. The van der Waals surface area contributed by atoms with Gasteiger partial charge in [-0.2, -0.15) is 5.10 Å². The average molecular weight is 184 g/mol. The van der Waals surface area contributed by atoms with E-state index in [4.69, 9.17) is 0 Å². The molecule has 0 radical (unpaired) electrons. The Balaban J connectivity index is 2.24. The van der Waals surface area contributed by atoms with Gasteiger partial charge in [0.15, 0.2) is 5.82 Å². The van der Waals surface area contributed by atoms with Crippen LogP contribution in [-0.2, 0) is 18.2 Å². The highest BCUT2D eigenvalue weighted by molar-refractivity contribution is 5.66. The van der Waals surface area contributed by atoms with Crippen LogP contribution in [0.4, 0.5) is 4.79 Å². The molecule has 0 bridgehead atoms. The summed E-state index contributed by atoms with van der Waals surface area (Å²) in [4.78, 5) is 14.6. The van der Waals surface area contributed by atoms with E-state index in [0.29, 0.717) is 18.8 Å². The number of aryl methyl sites for hydroxylation is 1. The summed E-state index contributed by atoms with van der Waals surface area (Å²) in [5.74, 6) is 0.707. The average Bonchev–Trinajstić information content (AvgIpc) is 2.51. The fourth-order valence-corrected chi connectivity index (χ4v) is 0.847. The van der Waals surface area contributed by atoms with Crippen molar-refractivity contribution in [1.82, 2.24) is 20.1 Å². The molecule has 0 aliphatic rings. The summed E-state index contributed by atoms with van der Waals surface area (Å²) in [6.07, 6.45) is 1.79. The lowest BCUT2D eigenvalue weighted by Gasteiger charge is -1.99. The highest BCUT2D eigenvalue weighted by atomic mass is 16.5. The monoisotopic (exact) mass is 184 g/mol. The number of rotatable bonds is 3. The molecule has 1 amide bonds. The molecule has 1 N–H and O–H groups in total. The molecule has 1 heterocycles. The summed E-state index contributed by atoms with van der Waals surface area (Å²) in [7, 11) is 3.12. The van der Waals surface area contributed by atoms with E-state index in [2.05, 4.69) is 20.1 Å². The Morgan fingerprint density at radius 3 is 3.08 bits per heavy atom. The zero-order valence-corrected chi connectivity index (χ0v) is 7.65. The van der Waals surface area contributed by atoms with E-state index < -0.39 is 6.09 Å². The van der Waals surface area contributed by atoms with E-state index >= 15 is 0 Å². The van der Waals surface area contributed by atoms with E-state index in [-0.39, 0.29) is 0 Å². The highest BCUT2D eigenvalue weighted by Gasteiger charge is 2.00. The van der Waals surface area contributed by atoms with Crippen LogP contribution >= 0.6 is 0 Å². The van der Waals surface area contributed by atoms with Gasteiger partial charge in [0, 0.05) is 20.0 Å². The van der Waals surface area contributed by atoms with Crippen LogP contribution in [0.15, 0.2) is 6.33 Å². The maximum atomic E-state index is 10.6. The summed E-state index contributed by atoms with van der Waals surface area (Å²) in [6.45, 7) is 0.483. The second kappa shape index (κ2) is 4.44. The molecule has 0 fully saturated rings. The molecule has 0 aromatic carbocycles. The quantitative estimate of drug-likeness (QED) is 0.701. The van der Waals surface area contributed by atoms with Gasteiger partial charge in [-0.3, -0.25) is 4.68 Å². The predicted octanol–water partition coefficient (Wildman–Crippen LogP) is -0.286. The number of aromatic nitrogens is 3. The molecule has 6 heteroatoms. The third kappa shape index (κ3) is 3.10. The maximum absolute atomic E-state index is 10.6. The Labute approximate surface area is 75.9 Å². The fourth-order valence-electron chi connectivity index (χ4n) is 0.847. The Hall–Kier alpha value is -1.59. The van der Waals surface area contributed by atoms with Crippen LogP contribution in [0.25, 0.3) is 0 Å². The lowest BCUT2D eigenvalue weighted by molar-refractivity contribution is 0.171. The van der Waals surface area contributed by atoms with Gasteiger partial charge in [-0.25, -0.2) is 9.78 Å². The number of ether oxygens (including phenoxy) is 1. The van der Waals surface area contributed by atoms with Crippen LogP contribution in [0.2, 0.25) is 0 Å². The van der Waals surface area contributed by atoms with Gasteiger partial charge in [0.2, 0.25) is 0 Å². The van der Waals surface area contributed by atoms with E-state index in [1.54, 1.807) is 18.1 Å². The number of carbonyl (C=O) groups excluding carboxylic acids is 1. The zero-order chi connectivity index (χ0) is 9.68. The number of alkyl carbamates (subject to hydrolysis) is 1. The Morgan fingerprint density at radius 2 is 2.54 bits per heavy atom. The topological polar surface area (TPSA) is 69.0 Å². The largest absolute Gasteiger partial charge is 0.453 e. The van der Waals surface area contributed by atoms with Gasteiger partial charge in [-0.15, -0.1) is 0 Å². The molecule has 0 unspecified atom stereocenters. The van der Waals surface area contributed by atoms with Gasteiger partial charge in [-0.1, -0.05) is 0 Å². The van der Waals surface area contributed by atoms with Crippen LogP contribution in [0.1, 0.15) is 5.82 Å². The minimum absolute atomic E-state index is 0.434. The second-order valence-corrected chi connectivity index (χ2v) is 2.50. The van der Waals surface area contributed by atoms with Crippen LogP contribution < -0.4 is 5.32 Å². The Bertz CT molecular complexity index is 284. The standard InChI is InChI=1S/C7H12N4O2/c1-11-5-9-6(10-11)3-4-8-7(12)13-2/h5H,3-4H2,1-2H3,(H,8,12). The number of hydrogen-bond donors (Lipinski definition) is 1. The SMILES string of the molecule is COC(=O)NCCc1ncn(C)n1. The number of nitrogens with zero attached hydrogens (tertiary/aromatic N) is 3. The first kappa shape index (κ1) is 9.50. The van der Waals surface area contributed by atoms with E-state index in [9.17, 15) is 4.79 Å². The smallest absolute Gasteiger partial charge is 0.406 e. The minimum Gasteiger partial charge on any atom is -0.453 e. The number of amides is 1. The molecule has 1 rings (SSSR count). The summed E-state index contributed by atoms with van der Waals surface area (Å²) in [5.41, 5.74) is 0. The number of hydrogen-bond acceptors (Lipinski definition) is 4. The van der Waals surface area contributed by atoms with Crippen LogP contribution in [0, 0.1) is 0 Å². The number of nitrogens with one attached hydrogen (secondary N) is 1.